The topological polar surface area (TPSA) is 17.8 Å². The highest BCUT2D eigenvalue weighted by atomic mass is 127. The Hall–Kier alpha value is -0.100. The van der Waals surface area contributed by atoms with Crippen molar-refractivity contribution in [3.05, 3.63) is 14.6 Å². The molecule has 0 fully saturated rings. The molecule has 0 aliphatic carbocycles. The highest BCUT2D eigenvalue weighted by molar-refractivity contribution is 14.1. The monoisotopic (exact) mass is 278 g/mol. The van der Waals surface area contributed by atoms with Crippen molar-refractivity contribution in [3.63, 3.8) is 0 Å². The Bertz CT molecular complexity index is 402. The number of hydrogen-bond acceptors (Lipinski definition) is 2. The third kappa shape index (κ3) is 0.997. The molecule has 0 atom stereocenters. The minimum Gasteiger partial charge on any atom is -0.266 e. The van der Waals surface area contributed by atoms with Crippen molar-refractivity contribution in [3.8, 4) is 0 Å². The molecule has 2 aromatic rings. The Morgan fingerprint density at radius 2 is 2.36 bits per heavy atom. The summed E-state index contributed by atoms with van der Waals surface area (Å²) in [6.45, 7) is 2.12. The lowest BCUT2D eigenvalue weighted by molar-refractivity contribution is 0.785. The summed E-state index contributed by atoms with van der Waals surface area (Å²) >= 11 is 4.04. The van der Waals surface area contributed by atoms with Gasteiger partial charge >= 0.3 is 0 Å². The second-order valence-electron chi connectivity index (χ2n) is 2.51. The first-order valence-corrected chi connectivity index (χ1v) is 5.22. The van der Waals surface area contributed by atoms with E-state index < -0.39 is 0 Å². The van der Waals surface area contributed by atoms with Crippen LogP contribution in [0.3, 0.4) is 0 Å². The standard InChI is InChI=1S/C7H7IN2S/c1-4-3-11-6-5(4)10(2)9-7(6)8/h3H,1-2H3. The maximum Gasteiger partial charge on any atom is 0.141 e. The van der Waals surface area contributed by atoms with Gasteiger partial charge in [-0.2, -0.15) is 5.10 Å². The minimum absolute atomic E-state index is 1.11. The highest BCUT2D eigenvalue weighted by Gasteiger charge is 2.09. The van der Waals surface area contributed by atoms with Crippen molar-refractivity contribution in [1.82, 2.24) is 9.78 Å². The van der Waals surface area contributed by atoms with Crippen LogP contribution in [0.5, 0.6) is 0 Å². The highest BCUT2D eigenvalue weighted by Crippen LogP contribution is 2.28. The lowest BCUT2D eigenvalue weighted by Gasteiger charge is -1.89. The Balaban J connectivity index is 2.98. The molecule has 0 aliphatic heterocycles. The number of fused-ring (bicyclic) bond motifs is 1. The van der Waals surface area contributed by atoms with Crippen molar-refractivity contribution in [2.24, 2.45) is 7.05 Å². The van der Waals surface area contributed by atoms with E-state index in [1.165, 1.54) is 15.8 Å². The van der Waals surface area contributed by atoms with Gasteiger partial charge in [-0.3, -0.25) is 4.68 Å². The van der Waals surface area contributed by atoms with Gasteiger partial charge in [-0.1, -0.05) is 0 Å². The average Bonchev–Trinajstić information content (AvgIpc) is 2.41. The van der Waals surface area contributed by atoms with E-state index in [4.69, 9.17) is 0 Å². The second-order valence-corrected chi connectivity index (χ2v) is 4.41. The van der Waals surface area contributed by atoms with Crippen molar-refractivity contribution >= 4 is 44.1 Å². The van der Waals surface area contributed by atoms with Crippen LogP contribution in [0.4, 0.5) is 0 Å². The van der Waals surface area contributed by atoms with E-state index in [0.717, 1.165) is 3.70 Å². The summed E-state index contributed by atoms with van der Waals surface area (Å²) in [7, 11) is 1.99. The van der Waals surface area contributed by atoms with Gasteiger partial charge in [0.15, 0.2) is 0 Å². The smallest absolute Gasteiger partial charge is 0.141 e. The molecular weight excluding hydrogens is 271 g/mol. The minimum atomic E-state index is 1.11. The maximum atomic E-state index is 4.32. The lowest BCUT2D eigenvalue weighted by Crippen LogP contribution is -1.90. The molecule has 2 heterocycles. The first-order valence-electron chi connectivity index (χ1n) is 3.26. The summed E-state index contributed by atoms with van der Waals surface area (Å²) in [5.41, 5.74) is 2.60. The summed E-state index contributed by atoms with van der Waals surface area (Å²) in [6, 6.07) is 0. The van der Waals surface area contributed by atoms with Gasteiger partial charge in [-0.05, 0) is 40.5 Å². The number of halogens is 1. The van der Waals surface area contributed by atoms with Gasteiger partial charge in [-0.25, -0.2) is 0 Å². The lowest BCUT2D eigenvalue weighted by atomic mass is 10.3. The molecule has 58 valence electrons. The number of aryl methyl sites for hydroxylation is 2. The first-order chi connectivity index (χ1) is 5.20. The molecule has 2 aromatic heterocycles. The number of rotatable bonds is 0. The molecule has 0 N–H and O–H groups in total. The Kier molecular flexibility index (Phi) is 1.68. The molecule has 11 heavy (non-hydrogen) atoms. The fraction of sp³-hybridized carbons (Fsp3) is 0.286. The van der Waals surface area contributed by atoms with Crippen LogP contribution in [0.15, 0.2) is 5.38 Å². The van der Waals surface area contributed by atoms with E-state index in [9.17, 15) is 0 Å². The summed E-state index contributed by atoms with van der Waals surface area (Å²) in [5, 5.41) is 6.50. The normalized spacial score (nSPS) is 11.2. The fourth-order valence-electron chi connectivity index (χ4n) is 1.21. The van der Waals surface area contributed by atoms with E-state index in [0.29, 0.717) is 0 Å². The molecule has 4 heteroatoms. The molecule has 0 aromatic carbocycles. The molecule has 0 amide bonds. The molecular formula is C7H7IN2S. The van der Waals surface area contributed by atoms with Gasteiger partial charge < -0.3 is 0 Å². The zero-order chi connectivity index (χ0) is 8.01. The fourth-order valence-corrected chi connectivity index (χ4v) is 3.12. The van der Waals surface area contributed by atoms with Gasteiger partial charge in [0.05, 0.1) is 10.2 Å². The van der Waals surface area contributed by atoms with E-state index >= 15 is 0 Å². The Labute approximate surface area is 82.4 Å². The molecule has 2 nitrogen and oxygen atoms in total. The SMILES string of the molecule is Cc1csc2c(I)nn(C)c12. The number of thiophene rings is 1. The molecule has 0 unspecified atom stereocenters. The molecule has 2 rings (SSSR count). The van der Waals surface area contributed by atoms with Crippen LogP contribution in [0, 0.1) is 10.6 Å². The first kappa shape index (κ1) is 7.54. The third-order valence-electron chi connectivity index (χ3n) is 1.69. The zero-order valence-corrected chi connectivity index (χ0v) is 9.23. The van der Waals surface area contributed by atoms with Crippen LogP contribution in [0.25, 0.3) is 10.2 Å². The number of nitrogens with zero attached hydrogens (tertiary/aromatic N) is 2. The molecule has 0 spiro atoms. The quantitative estimate of drug-likeness (QED) is 0.677. The van der Waals surface area contributed by atoms with Gasteiger partial charge in [-0.15, -0.1) is 11.3 Å². The predicted octanol–water partition coefficient (Wildman–Crippen LogP) is 2.55. The molecule has 0 radical (unpaired) electrons. The molecule has 0 bridgehead atoms. The summed E-state index contributed by atoms with van der Waals surface area (Å²) in [4.78, 5) is 0. The van der Waals surface area contributed by atoms with Crippen molar-refractivity contribution in [1.29, 1.82) is 0 Å². The summed E-state index contributed by atoms with van der Waals surface area (Å²) in [5.74, 6) is 0. The Morgan fingerprint density at radius 3 is 3.00 bits per heavy atom. The van der Waals surface area contributed by atoms with E-state index in [-0.39, 0.29) is 0 Å². The van der Waals surface area contributed by atoms with Crippen LogP contribution >= 0.6 is 33.9 Å². The van der Waals surface area contributed by atoms with Gasteiger partial charge in [0.2, 0.25) is 0 Å². The summed E-state index contributed by atoms with van der Waals surface area (Å²) < 4.78 is 4.37. The molecule has 0 saturated carbocycles. The second kappa shape index (κ2) is 2.45. The van der Waals surface area contributed by atoms with E-state index in [2.05, 4.69) is 40.0 Å². The predicted molar refractivity (Wildman–Crippen MR) is 56.0 cm³/mol. The van der Waals surface area contributed by atoms with Crippen LogP contribution < -0.4 is 0 Å². The molecule has 0 aliphatic rings. The van der Waals surface area contributed by atoms with Crippen LogP contribution in [-0.4, -0.2) is 9.78 Å². The third-order valence-corrected chi connectivity index (χ3v) is 3.91. The van der Waals surface area contributed by atoms with E-state index in [1.807, 2.05) is 11.7 Å². The van der Waals surface area contributed by atoms with Gasteiger partial charge in [0, 0.05) is 7.05 Å². The molecule has 0 saturated heterocycles. The van der Waals surface area contributed by atoms with Crippen LogP contribution in [0.2, 0.25) is 0 Å². The number of aromatic nitrogens is 2. The average molecular weight is 278 g/mol. The van der Waals surface area contributed by atoms with Gasteiger partial charge in [0.1, 0.15) is 3.70 Å². The summed E-state index contributed by atoms with van der Waals surface area (Å²) in [6.07, 6.45) is 0. The number of hydrogen-bond donors (Lipinski definition) is 0. The van der Waals surface area contributed by atoms with Gasteiger partial charge in [0.25, 0.3) is 0 Å². The largest absolute Gasteiger partial charge is 0.266 e. The van der Waals surface area contributed by atoms with Crippen molar-refractivity contribution in [2.75, 3.05) is 0 Å². The van der Waals surface area contributed by atoms with Crippen molar-refractivity contribution in [2.45, 2.75) is 6.92 Å². The zero-order valence-electron chi connectivity index (χ0n) is 6.26. The Morgan fingerprint density at radius 1 is 1.64 bits per heavy atom. The van der Waals surface area contributed by atoms with Crippen LogP contribution in [-0.2, 0) is 7.05 Å². The van der Waals surface area contributed by atoms with Crippen molar-refractivity contribution < 1.29 is 0 Å². The van der Waals surface area contributed by atoms with Crippen LogP contribution in [0.1, 0.15) is 5.56 Å². The maximum absolute atomic E-state index is 4.32. The van der Waals surface area contributed by atoms with E-state index in [1.54, 1.807) is 11.3 Å².